The number of benzene rings is 3. The summed E-state index contributed by atoms with van der Waals surface area (Å²) in [6, 6.07) is 27.1. The van der Waals surface area contributed by atoms with Gasteiger partial charge in [-0.05, 0) is 60.5 Å². The second-order valence-electron chi connectivity index (χ2n) is 7.02. The summed E-state index contributed by atoms with van der Waals surface area (Å²) < 4.78 is 36.3. The lowest BCUT2D eigenvalue weighted by Gasteiger charge is -2.11. The topological polar surface area (TPSA) is 65.5 Å². The third-order valence-electron chi connectivity index (χ3n) is 4.80. The second kappa shape index (κ2) is 8.62. The summed E-state index contributed by atoms with van der Waals surface area (Å²) in [5, 5.41) is 0. The lowest BCUT2D eigenvalue weighted by Crippen LogP contribution is -2.11. The number of aromatic nitrogens is 1. The van der Waals surface area contributed by atoms with Crippen molar-refractivity contribution in [3.05, 3.63) is 96.6 Å². The maximum Gasteiger partial charge on any atom is 0.340 e. The number of hydrogen-bond acceptors (Lipinski definition) is 5. The number of ether oxygens (including phenoxy) is 1. The molecule has 0 spiro atoms. The number of hydrogen-bond donors (Lipinski definition) is 0. The van der Waals surface area contributed by atoms with E-state index in [1.807, 2.05) is 67.6 Å². The quantitative estimate of drug-likeness (QED) is 0.377. The zero-order valence-electron chi connectivity index (χ0n) is 17.1. The fourth-order valence-electron chi connectivity index (χ4n) is 3.12. The zero-order valence-corrected chi connectivity index (χ0v) is 18.0. The van der Waals surface area contributed by atoms with Crippen LogP contribution in [0.15, 0.2) is 95.9 Å². The van der Waals surface area contributed by atoms with Gasteiger partial charge in [0.2, 0.25) is 5.88 Å². The molecule has 0 radical (unpaired) electrons. The summed E-state index contributed by atoms with van der Waals surface area (Å²) in [5.74, 6) is 0.731. The van der Waals surface area contributed by atoms with Gasteiger partial charge in [0.05, 0.1) is 12.8 Å². The zero-order chi connectivity index (χ0) is 21.8. The Bertz CT molecular complexity index is 1280. The van der Waals surface area contributed by atoms with Gasteiger partial charge in [0.25, 0.3) is 0 Å². The molecule has 0 aliphatic carbocycles. The van der Waals surface area contributed by atoms with Crippen molar-refractivity contribution < 1.29 is 17.3 Å². The van der Waals surface area contributed by atoms with Gasteiger partial charge in [0.15, 0.2) is 0 Å². The van der Waals surface area contributed by atoms with Gasteiger partial charge in [0.1, 0.15) is 10.6 Å². The van der Waals surface area contributed by atoms with Crippen molar-refractivity contribution in [2.24, 2.45) is 0 Å². The Morgan fingerprint density at radius 2 is 1.42 bits per heavy atom. The third-order valence-corrected chi connectivity index (χ3v) is 6.04. The summed E-state index contributed by atoms with van der Waals surface area (Å²) >= 11 is 0. The van der Waals surface area contributed by atoms with Gasteiger partial charge in [-0.1, -0.05) is 48.0 Å². The SMILES string of the molecule is COc1ccc(-c2cc(-c3ccccc3)cc(OS(=O)(=O)c3ccc(C)cc3)n2)cc1. The molecule has 0 aliphatic heterocycles. The van der Waals surface area contributed by atoms with Gasteiger partial charge >= 0.3 is 10.1 Å². The molecule has 0 aliphatic rings. The highest BCUT2D eigenvalue weighted by molar-refractivity contribution is 7.87. The van der Waals surface area contributed by atoms with Crippen LogP contribution in [0.5, 0.6) is 11.6 Å². The lowest BCUT2D eigenvalue weighted by atomic mass is 10.0. The van der Waals surface area contributed by atoms with E-state index in [-0.39, 0.29) is 10.8 Å². The molecule has 31 heavy (non-hydrogen) atoms. The number of pyridine rings is 1. The average molecular weight is 432 g/mol. The summed E-state index contributed by atoms with van der Waals surface area (Å²) in [4.78, 5) is 4.55. The molecule has 0 bridgehead atoms. The van der Waals surface area contributed by atoms with E-state index in [0.29, 0.717) is 5.69 Å². The maximum absolute atomic E-state index is 12.8. The molecule has 1 aromatic heterocycles. The van der Waals surface area contributed by atoms with Crippen LogP contribution in [-0.4, -0.2) is 20.5 Å². The van der Waals surface area contributed by atoms with E-state index in [1.54, 1.807) is 25.3 Å². The van der Waals surface area contributed by atoms with E-state index >= 15 is 0 Å². The molecule has 0 saturated heterocycles. The predicted octanol–water partition coefficient (Wildman–Crippen LogP) is 5.50. The number of aryl methyl sites for hydroxylation is 1. The van der Waals surface area contributed by atoms with Crippen LogP contribution in [0.4, 0.5) is 0 Å². The smallest absolute Gasteiger partial charge is 0.340 e. The van der Waals surface area contributed by atoms with E-state index in [0.717, 1.165) is 28.0 Å². The highest BCUT2D eigenvalue weighted by Gasteiger charge is 2.19. The van der Waals surface area contributed by atoms with Crippen molar-refractivity contribution in [2.45, 2.75) is 11.8 Å². The van der Waals surface area contributed by atoms with Gasteiger partial charge in [-0.25, -0.2) is 4.98 Å². The molecule has 6 heteroatoms. The first kappa shape index (κ1) is 20.6. The standard InChI is InChI=1S/C25H21NO4S/c1-18-8-14-23(15-9-18)31(27,28)30-25-17-21(19-6-4-3-5-7-19)16-24(26-25)20-10-12-22(29-2)13-11-20/h3-17H,1-2H3. The van der Waals surface area contributed by atoms with Crippen LogP contribution in [-0.2, 0) is 10.1 Å². The van der Waals surface area contributed by atoms with Gasteiger partial charge in [-0.3, -0.25) is 0 Å². The first-order chi connectivity index (χ1) is 14.9. The minimum absolute atomic E-state index is 0.00717. The third kappa shape index (κ3) is 4.75. The van der Waals surface area contributed by atoms with E-state index in [9.17, 15) is 8.42 Å². The summed E-state index contributed by atoms with van der Waals surface area (Å²) in [5.41, 5.74) is 4.10. The number of nitrogens with zero attached hydrogens (tertiary/aromatic N) is 1. The molecule has 0 unspecified atom stereocenters. The van der Waals surface area contributed by atoms with Gasteiger partial charge in [-0.2, -0.15) is 8.42 Å². The Hall–Kier alpha value is -3.64. The maximum atomic E-state index is 12.8. The molecule has 0 amide bonds. The molecule has 0 atom stereocenters. The second-order valence-corrected chi connectivity index (χ2v) is 8.57. The number of rotatable bonds is 6. The van der Waals surface area contributed by atoms with Crippen LogP contribution in [0.3, 0.4) is 0 Å². The minimum Gasteiger partial charge on any atom is -0.497 e. The fraction of sp³-hybridized carbons (Fsp3) is 0.0800. The average Bonchev–Trinajstić information content (AvgIpc) is 2.79. The molecule has 156 valence electrons. The van der Waals surface area contributed by atoms with Crippen molar-refractivity contribution in [1.29, 1.82) is 0 Å². The van der Waals surface area contributed by atoms with E-state index in [1.165, 1.54) is 12.1 Å². The molecule has 1 heterocycles. The lowest BCUT2D eigenvalue weighted by molar-refractivity contribution is 0.415. The summed E-state index contributed by atoms with van der Waals surface area (Å²) in [6.07, 6.45) is 0. The molecule has 0 fully saturated rings. The van der Waals surface area contributed by atoms with Crippen LogP contribution in [0.2, 0.25) is 0 Å². The van der Waals surface area contributed by atoms with Crippen molar-refractivity contribution in [2.75, 3.05) is 7.11 Å². The van der Waals surface area contributed by atoms with Gasteiger partial charge < -0.3 is 8.92 Å². The van der Waals surface area contributed by atoms with Gasteiger partial charge in [-0.15, -0.1) is 0 Å². The molecule has 4 rings (SSSR count). The van der Waals surface area contributed by atoms with E-state index < -0.39 is 10.1 Å². The molecular weight excluding hydrogens is 410 g/mol. The Kier molecular flexibility index (Phi) is 5.73. The Labute approximate surface area is 182 Å². The van der Waals surface area contributed by atoms with Crippen LogP contribution in [0, 0.1) is 6.92 Å². The molecule has 0 saturated carbocycles. The van der Waals surface area contributed by atoms with Crippen molar-refractivity contribution in [1.82, 2.24) is 4.98 Å². The highest BCUT2D eigenvalue weighted by atomic mass is 32.2. The summed E-state index contributed by atoms with van der Waals surface area (Å²) in [7, 11) is -2.42. The number of methoxy groups -OCH3 is 1. The van der Waals surface area contributed by atoms with Crippen molar-refractivity contribution in [3.63, 3.8) is 0 Å². The predicted molar refractivity (Wildman–Crippen MR) is 121 cm³/mol. The van der Waals surface area contributed by atoms with E-state index in [4.69, 9.17) is 8.92 Å². The van der Waals surface area contributed by atoms with Crippen LogP contribution >= 0.6 is 0 Å². The Morgan fingerprint density at radius 3 is 2.06 bits per heavy atom. The fourth-order valence-corrected chi connectivity index (χ4v) is 4.00. The largest absolute Gasteiger partial charge is 0.497 e. The summed E-state index contributed by atoms with van der Waals surface area (Å²) in [6.45, 7) is 1.89. The van der Waals surface area contributed by atoms with Crippen LogP contribution < -0.4 is 8.92 Å². The molecule has 5 nitrogen and oxygen atoms in total. The normalized spacial score (nSPS) is 11.2. The monoisotopic (exact) mass is 431 g/mol. The molecule has 3 aromatic carbocycles. The molecule has 4 aromatic rings. The molecule has 0 N–H and O–H groups in total. The first-order valence-corrected chi connectivity index (χ1v) is 11.1. The van der Waals surface area contributed by atoms with Crippen LogP contribution in [0.1, 0.15) is 5.56 Å². The minimum atomic E-state index is -4.02. The highest BCUT2D eigenvalue weighted by Crippen LogP contribution is 2.30. The molecular formula is C25H21NO4S. The van der Waals surface area contributed by atoms with Crippen LogP contribution in [0.25, 0.3) is 22.4 Å². The Balaban J connectivity index is 1.78. The first-order valence-electron chi connectivity index (χ1n) is 9.68. The Morgan fingerprint density at radius 1 is 0.742 bits per heavy atom. The van der Waals surface area contributed by atoms with E-state index in [2.05, 4.69) is 4.98 Å². The van der Waals surface area contributed by atoms with Crippen molar-refractivity contribution in [3.8, 4) is 34.0 Å². The van der Waals surface area contributed by atoms with Gasteiger partial charge in [0, 0.05) is 11.6 Å². The van der Waals surface area contributed by atoms with Crippen molar-refractivity contribution >= 4 is 10.1 Å².